The number of ether oxygens (including phenoxy) is 1. The maximum atomic E-state index is 5.39. The van der Waals surface area contributed by atoms with Crippen molar-refractivity contribution in [3.8, 4) is 18.1 Å². The van der Waals surface area contributed by atoms with Gasteiger partial charge in [0.25, 0.3) is 0 Å². The topological polar surface area (TPSA) is 15.7 Å². The van der Waals surface area contributed by atoms with Crippen LogP contribution >= 0.6 is 0 Å². The van der Waals surface area contributed by atoms with E-state index in [4.69, 9.17) is 11.2 Å². The van der Waals surface area contributed by atoms with E-state index in [-0.39, 0.29) is 0 Å². The lowest BCUT2D eigenvalue weighted by Crippen LogP contribution is -2.46. The molecule has 1 aromatic rings. The zero-order valence-electron chi connectivity index (χ0n) is 12.3. The molecule has 0 aromatic heterocycles. The highest BCUT2D eigenvalue weighted by molar-refractivity contribution is 5.33. The minimum Gasteiger partial charge on any atom is -0.496 e. The van der Waals surface area contributed by atoms with E-state index in [1.165, 1.54) is 12.0 Å². The van der Waals surface area contributed by atoms with Crippen LogP contribution in [0.25, 0.3) is 0 Å². The minimum absolute atomic E-state index is 0.787. The molecule has 0 unspecified atom stereocenters. The SMILES string of the molecule is C#CCN1CCN(CCCc2ccccc2OC)CC1. The molecular weight excluding hydrogens is 248 g/mol. The fourth-order valence-electron chi connectivity index (χ4n) is 2.70. The van der Waals surface area contributed by atoms with Crippen LogP contribution in [0.1, 0.15) is 12.0 Å². The highest BCUT2D eigenvalue weighted by Gasteiger charge is 2.15. The molecule has 1 saturated heterocycles. The summed E-state index contributed by atoms with van der Waals surface area (Å²) in [5, 5.41) is 0. The van der Waals surface area contributed by atoms with Crippen LogP contribution in [0.3, 0.4) is 0 Å². The first-order valence-corrected chi connectivity index (χ1v) is 7.33. The summed E-state index contributed by atoms with van der Waals surface area (Å²) in [7, 11) is 1.74. The number of rotatable bonds is 6. The molecule has 3 heteroatoms. The van der Waals surface area contributed by atoms with Crippen molar-refractivity contribution in [1.29, 1.82) is 0 Å². The third-order valence-corrected chi connectivity index (χ3v) is 3.89. The zero-order chi connectivity index (χ0) is 14.2. The van der Waals surface area contributed by atoms with Crippen molar-refractivity contribution in [2.75, 3.05) is 46.4 Å². The number of methoxy groups -OCH3 is 1. The molecule has 1 heterocycles. The molecule has 0 bridgehead atoms. The molecule has 2 rings (SSSR count). The van der Waals surface area contributed by atoms with Gasteiger partial charge in [0, 0.05) is 26.2 Å². The molecule has 20 heavy (non-hydrogen) atoms. The van der Waals surface area contributed by atoms with Gasteiger partial charge in [0.05, 0.1) is 13.7 Å². The van der Waals surface area contributed by atoms with Crippen molar-refractivity contribution >= 4 is 0 Å². The van der Waals surface area contributed by atoms with Gasteiger partial charge in [-0.05, 0) is 31.0 Å². The highest BCUT2D eigenvalue weighted by Crippen LogP contribution is 2.19. The van der Waals surface area contributed by atoms with Gasteiger partial charge in [-0.15, -0.1) is 6.42 Å². The molecule has 0 spiro atoms. The number of hydrogen-bond donors (Lipinski definition) is 0. The summed E-state index contributed by atoms with van der Waals surface area (Å²) in [6, 6.07) is 8.29. The van der Waals surface area contributed by atoms with Gasteiger partial charge in [-0.2, -0.15) is 0 Å². The largest absolute Gasteiger partial charge is 0.496 e. The normalized spacial score (nSPS) is 16.8. The Balaban J connectivity index is 1.70. The second kappa shape index (κ2) is 7.94. The third-order valence-electron chi connectivity index (χ3n) is 3.89. The van der Waals surface area contributed by atoms with Gasteiger partial charge in [-0.3, -0.25) is 4.90 Å². The van der Waals surface area contributed by atoms with Crippen LogP contribution in [-0.2, 0) is 6.42 Å². The number of terminal acetylenes is 1. The van der Waals surface area contributed by atoms with Crippen molar-refractivity contribution < 1.29 is 4.74 Å². The maximum Gasteiger partial charge on any atom is 0.122 e. The van der Waals surface area contributed by atoms with E-state index in [0.29, 0.717) is 0 Å². The second-order valence-corrected chi connectivity index (χ2v) is 5.24. The van der Waals surface area contributed by atoms with Crippen molar-refractivity contribution in [2.45, 2.75) is 12.8 Å². The second-order valence-electron chi connectivity index (χ2n) is 5.24. The number of nitrogens with zero attached hydrogens (tertiary/aromatic N) is 2. The lowest BCUT2D eigenvalue weighted by Gasteiger charge is -2.33. The Morgan fingerprint density at radius 3 is 2.55 bits per heavy atom. The highest BCUT2D eigenvalue weighted by atomic mass is 16.5. The average molecular weight is 272 g/mol. The molecule has 0 radical (unpaired) electrons. The van der Waals surface area contributed by atoms with Crippen molar-refractivity contribution in [3.63, 3.8) is 0 Å². The van der Waals surface area contributed by atoms with E-state index in [0.717, 1.165) is 51.4 Å². The van der Waals surface area contributed by atoms with Crippen LogP contribution in [0.2, 0.25) is 0 Å². The molecule has 1 aliphatic rings. The molecular formula is C17H24N2O. The Kier molecular flexibility index (Phi) is 5.91. The van der Waals surface area contributed by atoms with Crippen LogP contribution in [0.4, 0.5) is 0 Å². The number of benzene rings is 1. The van der Waals surface area contributed by atoms with Gasteiger partial charge in [0.15, 0.2) is 0 Å². The van der Waals surface area contributed by atoms with Crippen LogP contribution in [-0.4, -0.2) is 56.2 Å². The molecule has 1 aromatic carbocycles. The molecule has 0 amide bonds. The van der Waals surface area contributed by atoms with Crippen LogP contribution in [0.15, 0.2) is 24.3 Å². The van der Waals surface area contributed by atoms with Crippen molar-refractivity contribution in [3.05, 3.63) is 29.8 Å². The fourth-order valence-corrected chi connectivity index (χ4v) is 2.70. The number of para-hydroxylation sites is 1. The van der Waals surface area contributed by atoms with E-state index < -0.39 is 0 Å². The number of aryl methyl sites for hydroxylation is 1. The molecule has 1 fully saturated rings. The van der Waals surface area contributed by atoms with Gasteiger partial charge >= 0.3 is 0 Å². The fraction of sp³-hybridized carbons (Fsp3) is 0.529. The number of piperazine rings is 1. The van der Waals surface area contributed by atoms with E-state index in [1.54, 1.807) is 7.11 Å². The lowest BCUT2D eigenvalue weighted by molar-refractivity contribution is 0.143. The summed E-state index contributed by atoms with van der Waals surface area (Å²) in [4.78, 5) is 4.87. The first-order chi connectivity index (χ1) is 9.83. The summed E-state index contributed by atoms with van der Waals surface area (Å²) in [6.07, 6.45) is 7.60. The summed E-state index contributed by atoms with van der Waals surface area (Å²) < 4.78 is 5.39. The van der Waals surface area contributed by atoms with Crippen LogP contribution in [0, 0.1) is 12.3 Å². The summed E-state index contributed by atoms with van der Waals surface area (Å²) in [5.74, 6) is 3.73. The van der Waals surface area contributed by atoms with E-state index in [9.17, 15) is 0 Å². The van der Waals surface area contributed by atoms with Gasteiger partial charge < -0.3 is 9.64 Å². The first kappa shape index (κ1) is 14.9. The number of hydrogen-bond acceptors (Lipinski definition) is 3. The van der Waals surface area contributed by atoms with E-state index in [2.05, 4.69) is 27.9 Å². The van der Waals surface area contributed by atoms with E-state index >= 15 is 0 Å². The van der Waals surface area contributed by atoms with Crippen molar-refractivity contribution in [2.24, 2.45) is 0 Å². The predicted molar refractivity (Wildman–Crippen MR) is 83.0 cm³/mol. The smallest absolute Gasteiger partial charge is 0.122 e. The standard InChI is InChI=1S/C17H24N2O/c1-3-10-18-12-14-19(15-13-18)11-6-8-16-7-4-5-9-17(16)20-2/h1,4-5,7,9H,6,8,10-15H2,2H3. The molecule has 1 aliphatic heterocycles. The molecule has 0 N–H and O–H groups in total. The Labute approximate surface area is 122 Å². The van der Waals surface area contributed by atoms with Gasteiger partial charge in [-0.1, -0.05) is 24.1 Å². The molecule has 3 nitrogen and oxygen atoms in total. The van der Waals surface area contributed by atoms with E-state index in [1.807, 2.05) is 12.1 Å². The van der Waals surface area contributed by atoms with Gasteiger partial charge in [0.2, 0.25) is 0 Å². The zero-order valence-corrected chi connectivity index (χ0v) is 12.3. The summed E-state index contributed by atoms with van der Waals surface area (Å²) >= 11 is 0. The predicted octanol–water partition coefficient (Wildman–Crippen LogP) is 1.88. The Bertz CT molecular complexity index is 445. The maximum absolute atomic E-state index is 5.39. The summed E-state index contributed by atoms with van der Waals surface area (Å²) in [6.45, 7) is 6.40. The third kappa shape index (κ3) is 4.26. The lowest BCUT2D eigenvalue weighted by atomic mass is 10.1. The Morgan fingerprint density at radius 1 is 1.15 bits per heavy atom. The first-order valence-electron chi connectivity index (χ1n) is 7.33. The Hall–Kier alpha value is -1.50. The van der Waals surface area contributed by atoms with Gasteiger partial charge in [0.1, 0.15) is 5.75 Å². The molecule has 0 atom stereocenters. The Morgan fingerprint density at radius 2 is 1.85 bits per heavy atom. The average Bonchev–Trinajstić information content (AvgIpc) is 2.50. The summed E-state index contributed by atoms with van der Waals surface area (Å²) in [5.41, 5.74) is 1.31. The monoisotopic (exact) mass is 272 g/mol. The molecule has 0 saturated carbocycles. The molecule has 0 aliphatic carbocycles. The quantitative estimate of drug-likeness (QED) is 0.735. The van der Waals surface area contributed by atoms with Gasteiger partial charge in [-0.25, -0.2) is 0 Å². The molecule has 108 valence electrons. The van der Waals surface area contributed by atoms with Crippen LogP contribution in [0.5, 0.6) is 5.75 Å². The van der Waals surface area contributed by atoms with Crippen LogP contribution < -0.4 is 4.74 Å². The van der Waals surface area contributed by atoms with Crippen molar-refractivity contribution in [1.82, 2.24) is 9.80 Å². The minimum atomic E-state index is 0.787.